The number of aromatic nitrogens is 2. The second-order valence-electron chi connectivity index (χ2n) is 5.46. The molecule has 0 bridgehead atoms. The van der Waals surface area contributed by atoms with Crippen molar-refractivity contribution in [1.29, 1.82) is 0 Å². The summed E-state index contributed by atoms with van der Waals surface area (Å²) in [5, 5.41) is 14.9. The second-order valence-corrected chi connectivity index (χ2v) is 6.27. The number of aliphatic hydroxyl groups excluding tert-OH is 1. The van der Waals surface area contributed by atoms with Crippen molar-refractivity contribution in [3.05, 3.63) is 34.1 Å². The summed E-state index contributed by atoms with van der Waals surface area (Å²) in [4.78, 5) is 4.39. The van der Waals surface area contributed by atoms with E-state index in [4.69, 9.17) is 27.7 Å². The average Bonchev–Trinajstić information content (AvgIpc) is 2.93. The van der Waals surface area contributed by atoms with Crippen molar-refractivity contribution in [2.75, 3.05) is 0 Å². The number of rotatable bonds is 3. The van der Waals surface area contributed by atoms with E-state index in [2.05, 4.69) is 10.1 Å². The standard InChI is InChI=1S/C15H16Cl2N2O2/c16-11-6-5-10(7-12(11)17)15-18-14(21-19-15)8-9-3-1-2-4-13(9)20/h5-7,9,13,20H,1-4,8H2. The number of aliphatic hydroxyl groups is 1. The number of benzene rings is 1. The van der Waals surface area contributed by atoms with Crippen LogP contribution >= 0.6 is 23.2 Å². The van der Waals surface area contributed by atoms with Crippen molar-refractivity contribution in [1.82, 2.24) is 10.1 Å². The zero-order valence-corrected chi connectivity index (χ0v) is 12.9. The van der Waals surface area contributed by atoms with Crippen LogP contribution in [0.4, 0.5) is 0 Å². The minimum absolute atomic E-state index is 0.209. The van der Waals surface area contributed by atoms with Gasteiger partial charge in [-0.25, -0.2) is 0 Å². The Balaban J connectivity index is 1.75. The van der Waals surface area contributed by atoms with Gasteiger partial charge in [-0.3, -0.25) is 0 Å². The molecule has 1 saturated carbocycles. The Bertz CT molecular complexity index is 630. The lowest BCUT2D eigenvalue weighted by Gasteiger charge is -2.26. The molecule has 1 N–H and O–H groups in total. The highest BCUT2D eigenvalue weighted by Crippen LogP contribution is 2.29. The summed E-state index contributed by atoms with van der Waals surface area (Å²) in [6.07, 6.45) is 4.46. The zero-order valence-electron chi connectivity index (χ0n) is 11.4. The molecule has 2 aromatic rings. The van der Waals surface area contributed by atoms with Crippen LogP contribution in [0.25, 0.3) is 11.4 Å². The predicted octanol–water partition coefficient (Wildman–Crippen LogP) is 4.14. The van der Waals surface area contributed by atoms with Gasteiger partial charge in [-0.2, -0.15) is 4.98 Å². The van der Waals surface area contributed by atoms with Crippen LogP contribution < -0.4 is 0 Å². The quantitative estimate of drug-likeness (QED) is 0.920. The van der Waals surface area contributed by atoms with E-state index >= 15 is 0 Å². The molecule has 0 amide bonds. The summed E-state index contributed by atoms with van der Waals surface area (Å²) in [5.41, 5.74) is 0.767. The first-order chi connectivity index (χ1) is 10.1. The molecule has 0 aliphatic heterocycles. The average molecular weight is 327 g/mol. The summed E-state index contributed by atoms with van der Waals surface area (Å²) >= 11 is 11.9. The molecule has 2 atom stereocenters. The first kappa shape index (κ1) is 14.8. The normalized spacial score (nSPS) is 22.4. The Morgan fingerprint density at radius 3 is 2.76 bits per heavy atom. The highest BCUT2D eigenvalue weighted by atomic mass is 35.5. The third-order valence-corrected chi connectivity index (χ3v) is 4.69. The lowest BCUT2D eigenvalue weighted by atomic mass is 9.84. The lowest BCUT2D eigenvalue weighted by Crippen LogP contribution is -2.26. The molecular formula is C15H16Cl2N2O2. The van der Waals surface area contributed by atoms with E-state index in [1.807, 2.05) is 0 Å². The molecule has 1 aromatic heterocycles. The van der Waals surface area contributed by atoms with Gasteiger partial charge in [-0.1, -0.05) is 41.2 Å². The van der Waals surface area contributed by atoms with Crippen molar-refractivity contribution >= 4 is 23.2 Å². The van der Waals surface area contributed by atoms with E-state index in [-0.39, 0.29) is 12.0 Å². The van der Waals surface area contributed by atoms with Crippen molar-refractivity contribution < 1.29 is 9.63 Å². The fourth-order valence-corrected chi connectivity index (χ4v) is 3.04. The molecule has 1 fully saturated rings. The summed E-state index contributed by atoms with van der Waals surface area (Å²) in [5.74, 6) is 1.26. The highest BCUT2D eigenvalue weighted by Gasteiger charge is 2.25. The van der Waals surface area contributed by atoms with Crippen LogP contribution in [0.5, 0.6) is 0 Å². The number of halogens is 2. The number of nitrogens with zero attached hydrogens (tertiary/aromatic N) is 2. The van der Waals surface area contributed by atoms with Gasteiger partial charge in [0.25, 0.3) is 0 Å². The van der Waals surface area contributed by atoms with Gasteiger partial charge < -0.3 is 9.63 Å². The molecule has 1 aliphatic carbocycles. The Hall–Kier alpha value is -1.10. The van der Waals surface area contributed by atoms with Gasteiger partial charge in [0.1, 0.15) is 0 Å². The Morgan fingerprint density at radius 2 is 2.00 bits per heavy atom. The number of hydrogen-bond donors (Lipinski definition) is 1. The minimum atomic E-state index is -0.265. The van der Waals surface area contributed by atoms with E-state index < -0.39 is 0 Å². The molecule has 3 rings (SSSR count). The van der Waals surface area contributed by atoms with Gasteiger partial charge in [0.2, 0.25) is 11.7 Å². The van der Waals surface area contributed by atoms with Crippen molar-refractivity contribution in [2.24, 2.45) is 5.92 Å². The lowest BCUT2D eigenvalue weighted by molar-refractivity contribution is 0.0657. The van der Waals surface area contributed by atoms with Gasteiger partial charge in [-0.05, 0) is 37.0 Å². The van der Waals surface area contributed by atoms with Gasteiger partial charge in [-0.15, -0.1) is 0 Å². The summed E-state index contributed by atoms with van der Waals surface area (Å²) < 4.78 is 5.29. The fourth-order valence-electron chi connectivity index (χ4n) is 2.74. The van der Waals surface area contributed by atoms with Crippen molar-refractivity contribution in [3.63, 3.8) is 0 Å². The molecule has 0 radical (unpaired) electrons. The monoisotopic (exact) mass is 326 g/mol. The molecule has 21 heavy (non-hydrogen) atoms. The Kier molecular flexibility index (Phi) is 4.48. The van der Waals surface area contributed by atoms with Crippen LogP contribution in [0.1, 0.15) is 31.6 Å². The van der Waals surface area contributed by atoms with Crippen LogP contribution in [0.15, 0.2) is 22.7 Å². The van der Waals surface area contributed by atoms with Gasteiger partial charge in [0.15, 0.2) is 0 Å². The minimum Gasteiger partial charge on any atom is -0.393 e. The third kappa shape index (κ3) is 3.39. The van der Waals surface area contributed by atoms with E-state index in [0.29, 0.717) is 28.2 Å². The second kappa shape index (κ2) is 6.34. The fraction of sp³-hybridized carbons (Fsp3) is 0.467. The van der Waals surface area contributed by atoms with E-state index in [0.717, 1.165) is 31.2 Å². The maximum Gasteiger partial charge on any atom is 0.227 e. The van der Waals surface area contributed by atoms with Gasteiger partial charge >= 0.3 is 0 Å². The maximum absolute atomic E-state index is 10.00. The van der Waals surface area contributed by atoms with Crippen LogP contribution in [-0.4, -0.2) is 21.4 Å². The first-order valence-electron chi connectivity index (χ1n) is 7.09. The Morgan fingerprint density at radius 1 is 1.19 bits per heavy atom. The molecule has 4 nitrogen and oxygen atoms in total. The summed E-state index contributed by atoms with van der Waals surface area (Å²) in [6, 6.07) is 5.23. The van der Waals surface area contributed by atoms with Gasteiger partial charge in [0.05, 0.1) is 16.1 Å². The molecule has 0 saturated heterocycles. The zero-order chi connectivity index (χ0) is 14.8. The first-order valence-corrected chi connectivity index (χ1v) is 7.85. The smallest absolute Gasteiger partial charge is 0.227 e. The van der Waals surface area contributed by atoms with Crippen LogP contribution in [0.2, 0.25) is 10.0 Å². The molecule has 1 heterocycles. The molecule has 1 aromatic carbocycles. The summed E-state index contributed by atoms with van der Waals surface area (Å²) in [6.45, 7) is 0. The van der Waals surface area contributed by atoms with E-state index in [9.17, 15) is 5.11 Å². The third-order valence-electron chi connectivity index (χ3n) is 3.95. The largest absolute Gasteiger partial charge is 0.393 e. The maximum atomic E-state index is 10.00. The molecule has 0 spiro atoms. The Labute approximate surface area is 133 Å². The van der Waals surface area contributed by atoms with E-state index in [1.54, 1.807) is 18.2 Å². The van der Waals surface area contributed by atoms with Crippen molar-refractivity contribution in [2.45, 2.75) is 38.2 Å². The summed E-state index contributed by atoms with van der Waals surface area (Å²) in [7, 11) is 0. The number of hydrogen-bond acceptors (Lipinski definition) is 4. The molecular weight excluding hydrogens is 311 g/mol. The topological polar surface area (TPSA) is 59.2 Å². The molecule has 2 unspecified atom stereocenters. The highest BCUT2D eigenvalue weighted by molar-refractivity contribution is 6.42. The SMILES string of the molecule is OC1CCCCC1Cc1nc(-c2ccc(Cl)c(Cl)c2)no1. The molecule has 112 valence electrons. The molecule has 6 heteroatoms. The van der Waals surface area contributed by atoms with Crippen LogP contribution in [-0.2, 0) is 6.42 Å². The van der Waals surface area contributed by atoms with Gasteiger partial charge in [0, 0.05) is 12.0 Å². The predicted molar refractivity (Wildman–Crippen MR) is 81.4 cm³/mol. The van der Waals surface area contributed by atoms with Crippen LogP contribution in [0.3, 0.4) is 0 Å². The van der Waals surface area contributed by atoms with Crippen molar-refractivity contribution in [3.8, 4) is 11.4 Å². The van der Waals surface area contributed by atoms with E-state index in [1.165, 1.54) is 0 Å². The molecule has 1 aliphatic rings. The van der Waals surface area contributed by atoms with Crippen LogP contribution in [0, 0.1) is 5.92 Å².